The first-order chi connectivity index (χ1) is 8.83. The van der Waals surface area contributed by atoms with Gasteiger partial charge in [0, 0.05) is 32.2 Å². The fraction of sp³-hybridized carbons (Fsp3) is 0.643. The van der Waals surface area contributed by atoms with Gasteiger partial charge in [-0.25, -0.2) is 4.98 Å². The maximum Gasteiger partial charge on any atom is 0.128 e. The summed E-state index contributed by atoms with van der Waals surface area (Å²) >= 11 is 0. The summed E-state index contributed by atoms with van der Waals surface area (Å²) in [5.41, 5.74) is 1.10. The largest absolute Gasteiger partial charge is 0.383 e. The third kappa shape index (κ3) is 3.35. The molecule has 0 aromatic carbocycles. The molecule has 1 aromatic rings. The SMILES string of the molecule is CCN(CC)c1ccc(NCC2CCOC2)cn1. The summed E-state index contributed by atoms with van der Waals surface area (Å²) in [5.74, 6) is 1.70. The van der Waals surface area contributed by atoms with Crippen molar-refractivity contribution >= 4 is 11.5 Å². The number of ether oxygens (including phenoxy) is 1. The average Bonchev–Trinajstić information content (AvgIpc) is 2.92. The fourth-order valence-corrected chi connectivity index (χ4v) is 2.23. The third-order valence-electron chi connectivity index (χ3n) is 3.45. The lowest BCUT2D eigenvalue weighted by Crippen LogP contribution is -2.22. The molecule has 0 amide bonds. The van der Waals surface area contributed by atoms with Gasteiger partial charge in [0.15, 0.2) is 0 Å². The molecule has 4 nitrogen and oxygen atoms in total. The Morgan fingerprint density at radius 2 is 2.22 bits per heavy atom. The summed E-state index contributed by atoms with van der Waals surface area (Å²) in [6.07, 6.45) is 3.08. The molecular formula is C14H23N3O. The van der Waals surface area contributed by atoms with Gasteiger partial charge >= 0.3 is 0 Å². The first-order valence-corrected chi connectivity index (χ1v) is 6.86. The van der Waals surface area contributed by atoms with Crippen LogP contribution < -0.4 is 10.2 Å². The number of hydrogen-bond donors (Lipinski definition) is 1. The van der Waals surface area contributed by atoms with Crippen molar-refractivity contribution in [2.24, 2.45) is 5.92 Å². The van der Waals surface area contributed by atoms with E-state index < -0.39 is 0 Å². The molecule has 1 aromatic heterocycles. The topological polar surface area (TPSA) is 37.4 Å². The second-order valence-electron chi connectivity index (χ2n) is 4.69. The molecule has 0 spiro atoms. The molecule has 1 N–H and O–H groups in total. The van der Waals surface area contributed by atoms with Crippen molar-refractivity contribution < 1.29 is 4.74 Å². The van der Waals surface area contributed by atoms with Gasteiger partial charge < -0.3 is 15.0 Å². The molecule has 18 heavy (non-hydrogen) atoms. The number of aromatic nitrogens is 1. The zero-order valence-corrected chi connectivity index (χ0v) is 11.4. The van der Waals surface area contributed by atoms with Crippen LogP contribution in [0.2, 0.25) is 0 Å². The fourth-order valence-electron chi connectivity index (χ4n) is 2.23. The Morgan fingerprint density at radius 3 is 2.78 bits per heavy atom. The average molecular weight is 249 g/mol. The predicted octanol–water partition coefficient (Wildman–Crippen LogP) is 2.38. The van der Waals surface area contributed by atoms with Crippen molar-refractivity contribution in [3.05, 3.63) is 18.3 Å². The molecule has 100 valence electrons. The molecule has 1 saturated heterocycles. The van der Waals surface area contributed by atoms with Gasteiger partial charge in [0.2, 0.25) is 0 Å². The molecule has 0 saturated carbocycles. The van der Waals surface area contributed by atoms with Crippen LogP contribution in [-0.2, 0) is 4.74 Å². The number of nitrogens with zero attached hydrogens (tertiary/aromatic N) is 2. The smallest absolute Gasteiger partial charge is 0.128 e. The Balaban J connectivity index is 1.86. The molecule has 1 fully saturated rings. The summed E-state index contributed by atoms with van der Waals surface area (Å²) in [6.45, 7) is 9.07. The molecule has 0 aliphatic carbocycles. The van der Waals surface area contributed by atoms with Crippen LogP contribution in [0.25, 0.3) is 0 Å². The standard InChI is InChI=1S/C14H23N3O/c1-3-17(4-2)14-6-5-13(10-16-14)15-9-12-7-8-18-11-12/h5-6,10,12,15H,3-4,7-9,11H2,1-2H3. The normalized spacial score (nSPS) is 18.9. The van der Waals surface area contributed by atoms with Crippen LogP contribution >= 0.6 is 0 Å². The van der Waals surface area contributed by atoms with Crippen molar-refractivity contribution in [2.45, 2.75) is 20.3 Å². The Labute approximate surface area is 109 Å². The lowest BCUT2D eigenvalue weighted by atomic mass is 10.1. The van der Waals surface area contributed by atoms with Gasteiger partial charge in [0.1, 0.15) is 5.82 Å². The molecule has 1 unspecified atom stereocenters. The molecule has 1 atom stereocenters. The summed E-state index contributed by atoms with van der Waals surface area (Å²) in [4.78, 5) is 6.74. The maximum absolute atomic E-state index is 5.36. The van der Waals surface area contributed by atoms with Crippen LogP contribution in [0.15, 0.2) is 18.3 Å². The monoisotopic (exact) mass is 249 g/mol. The van der Waals surface area contributed by atoms with E-state index in [0.29, 0.717) is 5.92 Å². The number of rotatable bonds is 6. The van der Waals surface area contributed by atoms with E-state index in [1.807, 2.05) is 6.20 Å². The van der Waals surface area contributed by atoms with Gasteiger partial charge in [-0.1, -0.05) is 0 Å². The Hall–Kier alpha value is -1.29. The molecule has 0 bridgehead atoms. The number of hydrogen-bond acceptors (Lipinski definition) is 4. The van der Waals surface area contributed by atoms with E-state index in [4.69, 9.17) is 4.74 Å². The molecule has 2 heterocycles. The molecule has 1 aliphatic heterocycles. The zero-order valence-electron chi connectivity index (χ0n) is 11.4. The van der Waals surface area contributed by atoms with E-state index in [9.17, 15) is 0 Å². The quantitative estimate of drug-likeness (QED) is 0.840. The van der Waals surface area contributed by atoms with Crippen molar-refractivity contribution in [1.82, 2.24) is 4.98 Å². The minimum Gasteiger partial charge on any atom is -0.383 e. The number of nitrogens with one attached hydrogen (secondary N) is 1. The van der Waals surface area contributed by atoms with Crippen LogP contribution in [0.1, 0.15) is 20.3 Å². The highest BCUT2D eigenvalue weighted by Gasteiger charge is 2.14. The number of anilines is 2. The van der Waals surface area contributed by atoms with Crippen LogP contribution in [-0.4, -0.2) is 37.8 Å². The van der Waals surface area contributed by atoms with Crippen molar-refractivity contribution in [3.63, 3.8) is 0 Å². The van der Waals surface area contributed by atoms with Crippen molar-refractivity contribution in [1.29, 1.82) is 0 Å². The van der Waals surface area contributed by atoms with Crippen LogP contribution in [0.5, 0.6) is 0 Å². The van der Waals surface area contributed by atoms with E-state index in [0.717, 1.165) is 50.8 Å². The maximum atomic E-state index is 5.36. The lowest BCUT2D eigenvalue weighted by molar-refractivity contribution is 0.187. The molecular weight excluding hydrogens is 226 g/mol. The zero-order chi connectivity index (χ0) is 12.8. The van der Waals surface area contributed by atoms with E-state index in [1.165, 1.54) is 0 Å². The van der Waals surface area contributed by atoms with E-state index in [-0.39, 0.29) is 0 Å². The van der Waals surface area contributed by atoms with E-state index >= 15 is 0 Å². The van der Waals surface area contributed by atoms with E-state index in [2.05, 4.69) is 41.2 Å². The van der Waals surface area contributed by atoms with Gasteiger partial charge in [0.25, 0.3) is 0 Å². The van der Waals surface area contributed by atoms with Crippen LogP contribution in [0.3, 0.4) is 0 Å². The lowest BCUT2D eigenvalue weighted by Gasteiger charge is -2.20. The first-order valence-electron chi connectivity index (χ1n) is 6.86. The minimum atomic E-state index is 0.646. The predicted molar refractivity (Wildman–Crippen MR) is 75.2 cm³/mol. The Kier molecular flexibility index (Phi) is 4.81. The highest BCUT2D eigenvalue weighted by atomic mass is 16.5. The highest BCUT2D eigenvalue weighted by Crippen LogP contribution is 2.16. The highest BCUT2D eigenvalue weighted by molar-refractivity contribution is 5.48. The first kappa shape index (κ1) is 13.1. The summed E-state index contributed by atoms with van der Waals surface area (Å²) in [5, 5.41) is 3.43. The number of pyridine rings is 1. The van der Waals surface area contributed by atoms with Gasteiger partial charge in [-0.15, -0.1) is 0 Å². The van der Waals surface area contributed by atoms with Gasteiger partial charge in [-0.05, 0) is 32.4 Å². The van der Waals surface area contributed by atoms with Gasteiger partial charge in [0.05, 0.1) is 18.5 Å². The van der Waals surface area contributed by atoms with E-state index in [1.54, 1.807) is 0 Å². The molecule has 2 rings (SSSR count). The molecule has 4 heteroatoms. The Bertz CT molecular complexity index is 343. The van der Waals surface area contributed by atoms with Crippen molar-refractivity contribution in [3.8, 4) is 0 Å². The summed E-state index contributed by atoms with van der Waals surface area (Å²) < 4.78 is 5.36. The van der Waals surface area contributed by atoms with Crippen LogP contribution in [0.4, 0.5) is 11.5 Å². The van der Waals surface area contributed by atoms with Gasteiger partial charge in [-0.2, -0.15) is 0 Å². The molecule has 1 aliphatic rings. The second-order valence-corrected chi connectivity index (χ2v) is 4.69. The Morgan fingerprint density at radius 1 is 1.39 bits per heavy atom. The molecule has 0 radical (unpaired) electrons. The minimum absolute atomic E-state index is 0.646. The summed E-state index contributed by atoms with van der Waals surface area (Å²) in [6, 6.07) is 4.19. The summed E-state index contributed by atoms with van der Waals surface area (Å²) in [7, 11) is 0. The van der Waals surface area contributed by atoms with Crippen molar-refractivity contribution in [2.75, 3.05) is 43.1 Å². The second kappa shape index (κ2) is 6.59. The van der Waals surface area contributed by atoms with Gasteiger partial charge in [-0.3, -0.25) is 0 Å². The van der Waals surface area contributed by atoms with Crippen LogP contribution in [0, 0.1) is 5.92 Å². The third-order valence-corrected chi connectivity index (χ3v) is 3.45.